The number of nitrogens with zero attached hydrogens (tertiary/aromatic N) is 2. The highest BCUT2D eigenvalue weighted by Gasteiger charge is 2.43. The topological polar surface area (TPSA) is 112 Å². The molecule has 170 valence electrons. The Hall–Kier alpha value is -2.98. The Kier molecular flexibility index (Phi) is 7.33. The van der Waals surface area contributed by atoms with Gasteiger partial charge in [-0.3, -0.25) is 19.5 Å². The molecule has 2 aliphatic heterocycles. The van der Waals surface area contributed by atoms with Crippen LogP contribution in [0.3, 0.4) is 0 Å². The molecule has 9 nitrogen and oxygen atoms in total. The Labute approximate surface area is 192 Å². The average molecular weight is 457 g/mol. The molecular formula is C22H28N6O3S. The van der Waals surface area contributed by atoms with E-state index in [9.17, 15) is 9.59 Å². The average Bonchev–Trinajstić information content (AvgIpc) is 3.47. The number of hydrogen-bond donors (Lipinski definition) is 4. The maximum atomic E-state index is 12.4. The molecule has 4 N–H and O–H groups in total. The highest BCUT2D eigenvalue weighted by atomic mass is 32.1. The van der Waals surface area contributed by atoms with Gasteiger partial charge in [0.25, 0.3) is 0 Å². The second-order valence-corrected chi connectivity index (χ2v) is 8.54. The van der Waals surface area contributed by atoms with Crippen molar-refractivity contribution in [3.8, 4) is 0 Å². The summed E-state index contributed by atoms with van der Waals surface area (Å²) in [6, 6.07) is 7.49. The summed E-state index contributed by atoms with van der Waals surface area (Å²) in [5.41, 5.74) is 0.968. The van der Waals surface area contributed by atoms with Crippen LogP contribution in [-0.2, 0) is 22.7 Å². The molecule has 32 heavy (non-hydrogen) atoms. The van der Waals surface area contributed by atoms with Crippen molar-refractivity contribution in [2.45, 2.75) is 50.5 Å². The van der Waals surface area contributed by atoms with E-state index in [0.717, 1.165) is 11.3 Å². The van der Waals surface area contributed by atoms with Gasteiger partial charge in [-0.05, 0) is 48.8 Å². The van der Waals surface area contributed by atoms with Crippen LogP contribution in [-0.4, -0.2) is 58.0 Å². The van der Waals surface area contributed by atoms with Crippen molar-refractivity contribution in [1.82, 2.24) is 31.2 Å². The van der Waals surface area contributed by atoms with E-state index in [2.05, 4.69) is 31.2 Å². The third-order valence-electron chi connectivity index (χ3n) is 5.88. The van der Waals surface area contributed by atoms with Gasteiger partial charge in [-0.1, -0.05) is 6.07 Å². The van der Waals surface area contributed by atoms with Crippen molar-refractivity contribution in [2.24, 2.45) is 0 Å². The first-order valence-electron chi connectivity index (χ1n) is 10.8. The predicted molar refractivity (Wildman–Crippen MR) is 122 cm³/mol. The normalized spacial score (nSPS) is 22.6. The number of thiocarbonyl (C=S) groups is 1. The molecule has 10 heteroatoms. The largest absolute Gasteiger partial charge is 0.467 e. The summed E-state index contributed by atoms with van der Waals surface area (Å²) in [5.74, 6) is 0.847. The van der Waals surface area contributed by atoms with Crippen molar-refractivity contribution < 1.29 is 14.0 Å². The van der Waals surface area contributed by atoms with Crippen LogP contribution in [0.25, 0.3) is 0 Å². The quantitative estimate of drug-likeness (QED) is 0.429. The minimum atomic E-state index is -0.197. The van der Waals surface area contributed by atoms with Gasteiger partial charge in [0.1, 0.15) is 5.76 Å². The van der Waals surface area contributed by atoms with E-state index in [-0.39, 0.29) is 29.9 Å². The number of pyridine rings is 1. The van der Waals surface area contributed by atoms with Gasteiger partial charge in [-0.25, -0.2) is 0 Å². The monoisotopic (exact) mass is 456 g/mol. The summed E-state index contributed by atoms with van der Waals surface area (Å²) in [7, 11) is 0. The van der Waals surface area contributed by atoms with Gasteiger partial charge < -0.3 is 25.7 Å². The molecule has 2 amide bonds. The number of furan rings is 1. The lowest BCUT2D eigenvalue weighted by Crippen LogP contribution is -2.58. The van der Waals surface area contributed by atoms with E-state index in [0.29, 0.717) is 50.6 Å². The smallest absolute Gasteiger partial charge is 0.237 e. The molecule has 2 aliphatic rings. The predicted octanol–water partition coefficient (Wildman–Crippen LogP) is 0.677. The summed E-state index contributed by atoms with van der Waals surface area (Å²) < 4.78 is 5.30. The maximum absolute atomic E-state index is 12.4. The van der Waals surface area contributed by atoms with Gasteiger partial charge in [0.05, 0.1) is 18.8 Å². The van der Waals surface area contributed by atoms with Crippen molar-refractivity contribution in [2.75, 3.05) is 13.1 Å². The molecular weight excluding hydrogens is 428 g/mol. The molecule has 2 aromatic heterocycles. The molecule has 4 rings (SSSR count). The number of rotatable bonds is 8. The first-order valence-corrected chi connectivity index (χ1v) is 11.2. The molecule has 2 saturated heterocycles. The number of aromatic nitrogens is 1. The number of fused-ring (bicyclic) bond motifs is 1. The highest BCUT2D eigenvalue weighted by Crippen LogP contribution is 2.25. The molecule has 2 fully saturated rings. The highest BCUT2D eigenvalue weighted by molar-refractivity contribution is 7.80. The van der Waals surface area contributed by atoms with Crippen LogP contribution < -0.4 is 21.3 Å². The molecule has 3 unspecified atom stereocenters. The second-order valence-electron chi connectivity index (χ2n) is 8.13. The molecule has 3 atom stereocenters. The minimum absolute atomic E-state index is 0.000482. The Morgan fingerprint density at radius 3 is 2.97 bits per heavy atom. The van der Waals surface area contributed by atoms with Crippen molar-refractivity contribution in [3.05, 3.63) is 54.2 Å². The van der Waals surface area contributed by atoms with E-state index < -0.39 is 0 Å². The van der Waals surface area contributed by atoms with E-state index in [1.807, 2.05) is 24.3 Å². The third-order valence-corrected chi connectivity index (χ3v) is 6.14. The van der Waals surface area contributed by atoms with Gasteiger partial charge in [0, 0.05) is 50.5 Å². The Bertz CT molecular complexity index is 923. The van der Waals surface area contributed by atoms with Crippen LogP contribution in [0.2, 0.25) is 0 Å². The van der Waals surface area contributed by atoms with E-state index in [1.54, 1.807) is 18.7 Å². The molecule has 0 aromatic carbocycles. The molecule has 0 bridgehead atoms. The Morgan fingerprint density at radius 1 is 1.28 bits per heavy atom. The van der Waals surface area contributed by atoms with Crippen molar-refractivity contribution >= 4 is 29.1 Å². The summed E-state index contributed by atoms with van der Waals surface area (Å²) in [6.07, 6.45) is 6.85. The molecule has 0 saturated carbocycles. The Balaban J connectivity index is 1.23. The lowest BCUT2D eigenvalue weighted by atomic mass is 10.0. The van der Waals surface area contributed by atoms with E-state index >= 15 is 0 Å². The molecule has 4 heterocycles. The van der Waals surface area contributed by atoms with Gasteiger partial charge in [0.2, 0.25) is 11.8 Å². The van der Waals surface area contributed by atoms with Crippen LogP contribution in [0.1, 0.15) is 30.6 Å². The number of hydrogen-bond acceptors (Lipinski definition) is 6. The van der Waals surface area contributed by atoms with Gasteiger partial charge in [-0.15, -0.1) is 0 Å². The minimum Gasteiger partial charge on any atom is -0.467 e. The fourth-order valence-electron chi connectivity index (χ4n) is 4.25. The third kappa shape index (κ3) is 5.83. The number of carbonyl (C=O) groups is 2. The summed E-state index contributed by atoms with van der Waals surface area (Å²) in [5, 5.41) is 12.9. The first-order chi connectivity index (χ1) is 15.6. The zero-order valence-corrected chi connectivity index (χ0v) is 18.6. The van der Waals surface area contributed by atoms with Crippen LogP contribution in [0, 0.1) is 0 Å². The van der Waals surface area contributed by atoms with Gasteiger partial charge in [0.15, 0.2) is 5.11 Å². The number of piperazine rings is 1. The summed E-state index contributed by atoms with van der Waals surface area (Å²) in [6.45, 7) is 2.24. The number of carbonyl (C=O) groups excluding carboxylic acids is 2. The molecule has 0 radical (unpaired) electrons. The fraction of sp³-hybridized carbons (Fsp3) is 0.455. The zero-order valence-electron chi connectivity index (χ0n) is 17.8. The van der Waals surface area contributed by atoms with Gasteiger partial charge >= 0.3 is 0 Å². The second kappa shape index (κ2) is 10.6. The Morgan fingerprint density at radius 2 is 2.19 bits per heavy atom. The van der Waals surface area contributed by atoms with Crippen molar-refractivity contribution in [3.63, 3.8) is 0 Å². The molecule has 0 aliphatic carbocycles. The lowest BCUT2D eigenvalue weighted by molar-refractivity contribution is -0.129. The maximum Gasteiger partial charge on any atom is 0.237 e. The molecule has 2 aromatic rings. The SMILES string of the molecule is O=C(CCC1CNC(=O)C2CC(NC(=S)NCc3ccco3)CN12)NCc1cccnc1. The first kappa shape index (κ1) is 22.2. The zero-order chi connectivity index (χ0) is 22.3. The van der Waals surface area contributed by atoms with Crippen LogP contribution in [0.4, 0.5) is 0 Å². The fourth-order valence-corrected chi connectivity index (χ4v) is 4.49. The number of nitrogens with one attached hydrogen (secondary N) is 4. The lowest BCUT2D eigenvalue weighted by Gasteiger charge is -2.37. The van der Waals surface area contributed by atoms with Crippen LogP contribution in [0.5, 0.6) is 0 Å². The summed E-state index contributed by atoms with van der Waals surface area (Å²) >= 11 is 5.40. The number of amides is 2. The van der Waals surface area contributed by atoms with E-state index in [4.69, 9.17) is 16.6 Å². The van der Waals surface area contributed by atoms with Crippen molar-refractivity contribution in [1.29, 1.82) is 0 Å². The molecule has 0 spiro atoms. The summed E-state index contributed by atoms with van der Waals surface area (Å²) in [4.78, 5) is 31.0. The van der Waals surface area contributed by atoms with Gasteiger partial charge in [-0.2, -0.15) is 0 Å². The van der Waals surface area contributed by atoms with Crippen LogP contribution in [0.15, 0.2) is 47.3 Å². The van der Waals surface area contributed by atoms with Crippen LogP contribution >= 0.6 is 12.2 Å². The van der Waals surface area contributed by atoms with E-state index in [1.165, 1.54) is 0 Å². The standard InChI is InChI=1S/C22H28N6O3S/c29-20(24-11-15-3-1-7-23-10-15)6-5-17-12-25-21(30)19-9-16(14-28(17)19)27-22(32)26-13-18-4-2-8-31-18/h1-4,7-8,10,16-17,19H,5-6,9,11-14H2,(H,24,29)(H,25,30)(H2,26,27,32).